The van der Waals surface area contributed by atoms with Crippen LogP contribution in [-0.2, 0) is 16.5 Å². The summed E-state index contributed by atoms with van der Waals surface area (Å²) in [6.07, 6.45) is 1.82. The summed E-state index contributed by atoms with van der Waals surface area (Å²) < 4.78 is 43.7. The standard InChI is InChI=1S/C15H24O6S/c1-6-9(7-2)11-10(8-3)13(20-4)14(21-5)12(16)15(11)22(17,18)19/h9,16H,6-8H2,1-5H3,(H,17,18,19). The van der Waals surface area contributed by atoms with E-state index in [-0.39, 0.29) is 11.7 Å². The fourth-order valence-electron chi connectivity index (χ4n) is 2.88. The highest BCUT2D eigenvalue weighted by atomic mass is 32.2. The van der Waals surface area contributed by atoms with Crippen molar-refractivity contribution in [2.45, 2.75) is 50.8 Å². The summed E-state index contributed by atoms with van der Waals surface area (Å²) in [4.78, 5) is -0.476. The predicted molar refractivity (Wildman–Crippen MR) is 83.7 cm³/mol. The zero-order chi connectivity index (χ0) is 17.1. The van der Waals surface area contributed by atoms with Crippen molar-refractivity contribution >= 4 is 10.1 Å². The van der Waals surface area contributed by atoms with E-state index >= 15 is 0 Å². The van der Waals surface area contributed by atoms with Crippen LogP contribution in [0.5, 0.6) is 17.2 Å². The number of aromatic hydroxyl groups is 1. The first kappa shape index (κ1) is 18.6. The molecule has 6 nitrogen and oxygen atoms in total. The molecule has 1 aromatic carbocycles. The van der Waals surface area contributed by atoms with Crippen molar-refractivity contribution in [2.75, 3.05) is 14.2 Å². The minimum absolute atomic E-state index is 0.0818. The average Bonchev–Trinajstić information content (AvgIpc) is 2.46. The lowest BCUT2D eigenvalue weighted by Gasteiger charge is -2.24. The van der Waals surface area contributed by atoms with E-state index in [2.05, 4.69) is 0 Å². The van der Waals surface area contributed by atoms with E-state index in [0.29, 0.717) is 36.1 Å². The fourth-order valence-corrected chi connectivity index (χ4v) is 3.79. The Balaban J connectivity index is 4.04. The van der Waals surface area contributed by atoms with Gasteiger partial charge in [0, 0.05) is 5.56 Å². The largest absolute Gasteiger partial charge is 0.503 e. The van der Waals surface area contributed by atoms with Gasteiger partial charge < -0.3 is 14.6 Å². The zero-order valence-electron chi connectivity index (χ0n) is 13.6. The Kier molecular flexibility index (Phi) is 6.08. The van der Waals surface area contributed by atoms with Crippen LogP contribution >= 0.6 is 0 Å². The quantitative estimate of drug-likeness (QED) is 0.745. The van der Waals surface area contributed by atoms with Crippen LogP contribution < -0.4 is 9.47 Å². The molecule has 126 valence electrons. The van der Waals surface area contributed by atoms with Gasteiger partial charge >= 0.3 is 0 Å². The maximum Gasteiger partial charge on any atom is 0.298 e. The van der Waals surface area contributed by atoms with Gasteiger partial charge in [0.1, 0.15) is 4.90 Å². The van der Waals surface area contributed by atoms with Crippen molar-refractivity contribution in [3.8, 4) is 17.2 Å². The van der Waals surface area contributed by atoms with Crippen molar-refractivity contribution in [2.24, 2.45) is 0 Å². The molecule has 0 fully saturated rings. The second-order valence-electron chi connectivity index (χ2n) is 4.98. The normalized spacial score (nSPS) is 11.8. The lowest BCUT2D eigenvalue weighted by molar-refractivity contribution is 0.322. The number of hydrogen-bond donors (Lipinski definition) is 2. The van der Waals surface area contributed by atoms with Crippen molar-refractivity contribution in [1.29, 1.82) is 0 Å². The van der Waals surface area contributed by atoms with E-state index in [1.165, 1.54) is 14.2 Å². The van der Waals surface area contributed by atoms with E-state index in [1.54, 1.807) is 0 Å². The molecular formula is C15H24O6S. The molecule has 1 rings (SSSR count). The van der Waals surface area contributed by atoms with Crippen LogP contribution in [0.15, 0.2) is 4.90 Å². The molecule has 0 aliphatic carbocycles. The maximum absolute atomic E-state index is 11.8. The first-order valence-corrected chi connectivity index (χ1v) is 8.69. The lowest BCUT2D eigenvalue weighted by atomic mass is 9.88. The van der Waals surface area contributed by atoms with E-state index in [1.807, 2.05) is 20.8 Å². The summed E-state index contributed by atoms with van der Waals surface area (Å²) in [5.41, 5.74) is 1.03. The second kappa shape index (κ2) is 7.19. The Bertz CT molecular complexity index is 632. The highest BCUT2D eigenvalue weighted by Crippen LogP contribution is 2.49. The van der Waals surface area contributed by atoms with E-state index < -0.39 is 20.8 Å². The fraction of sp³-hybridized carbons (Fsp3) is 0.600. The summed E-state index contributed by atoms with van der Waals surface area (Å²) in [6, 6.07) is 0. The molecule has 0 radical (unpaired) electrons. The van der Waals surface area contributed by atoms with Crippen molar-refractivity contribution in [1.82, 2.24) is 0 Å². The molecule has 0 spiro atoms. The molecule has 0 atom stereocenters. The topological polar surface area (TPSA) is 93.1 Å². The molecule has 0 aromatic heterocycles. The molecular weight excluding hydrogens is 308 g/mol. The Morgan fingerprint density at radius 2 is 1.55 bits per heavy atom. The number of rotatable bonds is 7. The number of ether oxygens (including phenoxy) is 2. The van der Waals surface area contributed by atoms with Gasteiger partial charge in [-0.05, 0) is 30.7 Å². The summed E-state index contributed by atoms with van der Waals surface area (Å²) in [7, 11) is -1.87. The van der Waals surface area contributed by atoms with Crippen molar-refractivity contribution in [3.63, 3.8) is 0 Å². The Labute approximate surface area is 131 Å². The molecule has 1 aromatic rings. The molecule has 0 aliphatic heterocycles. The molecule has 22 heavy (non-hydrogen) atoms. The van der Waals surface area contributed by atoms with Gasteiger partial charge in [-0.1, -0.05) is 20.8 Å². The minimum atomic E-state index is -4.61. The summed E-state index contributed by atoms with van der Waals surface area (Å²) in [5, 5.41) is 10.3. The number of phenols is 1. The number of methoxy groups -OCH3 is 2. The maximum atomic E-state index is 11.8. The second-order valence-corrected chi connectivity index (χ2v) is 6.34. The Morgan fingerprint density at radius 1 is 1.05 bits per heavy atom. The lowest BCUT2D eigenvalue weighted by Crippen LogP contribution is -2.13. The molecule has 0 amide bonds. The first-order valence-electron chi connectivity index (χ1n) is 7.25. The summed E-state index contributed by atoms with van der Waals surface area (Å²) >= 11 is 0. The molecule has 0 unspecified atom stereocenters. The highest BCUT2D eigenvalue weighted by Gasteiger charge is 2.33. The Hall–Kier alpha value is -1.47. The third kappa shape index (κ3) is 3.15. The Morgan fingerprint density at radius 3 is 1.86 bits per heavy atom. The van der Waals surface area contributed by atoms with Crippen LogP contribution in [0.3, 0.4) is 0 Å². The third-order valence-electron chi connectivity index (χ3n) is 3.89. The van der Waals surface area contributed by atoms with Crippen LogP contribution in [-0.4, -0.2) is 32.3 Å². The number of benzene rings is 1. The third-order valence-corrected chi connectivity index (χ3v) is 4.82. The van der Waals surface area contributed by atoms with Gasteiger partial charge in [-0.25, -0.2) is 0 Å². The molecule has 0 heterocycles. The van der Waals surface area contributed by atoms with Gasteiger partial charge in [-0.3, -0.25) is 4.55 Å². The van der Waals surface area contributed by atoms with Crippen molar-refractivity contribution < 1.29 is 27.6 Å². The van der Waals surface area contributed by atoms with Crippen LogP contribution in [0, 0.1) is 0 Å². The molecule has 0 saturated heterocycles. The van der Waals surface area contributed by atoms with Gasteiger partial charge in [0.15, 0.2) is 11.5 Å². The zero-order valence-corrected chi connectivity index (χ0v) is 14.5. The smallest absolute Gasteiger partial charge is 0.298 e. The number of phenolic OH excluding ortho intramolecular Hbond substituents is 1. The van der Waals surface area contributed by atoms with Gasteiger partial charge in [0.2, 0.25) is 5.75 Å². The van der Waals surface area contributed by atoms with Crippen LogP contribution in [0.2, 0.25) is 0 Å². The monoisotopic (exact) mass is 332 g/mol. The van der Waals surface area contributed by atoms with Crippen LogP contribution in [0.4, 0.5) is 0 Å². The van der Waals surface area contributed by atoms with E-state index in [9.17, 15) is 18.1 Å². The minimum Gasteiger partial charge on any atom is -0.503 e. The van der Waals surface area contributed by atoms with Gasteiger partial charge in [0.05, 0.1) is 14.2 Å². The van der Waals surface area contributed by atoms with E-state index in [4.69, 9.17) is 9.47 Å². The molecule has 7 heteroatoms. The summed E-state index contributed by atoms with van der Waals surface area (Å²) in [5.74, 6) is -0.517. The molecule has 2 N–H and O–H groups in total. The highest BCUT2D eigenvalue weighted by molar-refractivity contribution is 7.86. The van der Waals surface area contributed by atoms with Crippen LogP contribution in [0.1, 0.15) is 50.7 Å². The molecule has 0 saturated carbocycles. The molecule has 0 bridgehead atoms. The average molecular weight is 332 g/mol. The predicted octanol–water partition coefficient (Wildman–Crippen LogP) is 3.12. The number of hydrogen-bond acceptors (Lipinski definition) is 5. The van der Waals surface area contributed by atoms with Gasteiger partial charge in [0.25, 0.3) is 10.1 Å². The van der Waals surface area contributed by atoms with Crippen LogP contribution in [0.25, 0.3) is 0 Å². The van der Waals surface area contributed by atoms with Gasteiger partial charge in [-0.2, -0.15) is 8.42 Å². The van der Waals surface area contributed by atoms with E-state index in [0.717, 1.165) is 0 Å². The molecule has 0 aliphatic rings. The van der Waals surface area contributed by atoms with Gasteiger partial charge in [-0.15, -0.1) is 0 Å². The van der Waals surface area contributed by atoms with Crippen molar-refractivity contribution in [3.05, 3.63) is 11.1 Å². The summed E-state index contributed by atoms with van der Waals surface area (Å²) in [6.45, 7) is 5.71. The first-order chi connectivity index (χ1) is 10.3. The SMILES string of the molecule is CCc1c(OC)c(OC)c(O)c(S(=O)(=O)O)c1C(CC)CC.